The summed E-state index contributed by atoms with van der Waals surface area (Å²) in [6, 6.07) is 0.550. The highest BCUT2D eigenvalue weighted by Crippen LogP contribution is 2.33. The second-order valence-electron chi connectivity index (χ2n) is 6.60. The third kappa shape index (κ3) is 2.55. The van der Waals surface area contributed by atoms with Gasteiger partial charge in [-0.1, -0.05) is 0 Å². The van der Waals surface area contributed by atoms with Gasteiger partial charge in [-0.3, -0.25) is 14.5 Å². The van der Waals surface area contributed by atoms with Gasteiger partial charge in [0.1, 0.15) is 6.04 Å². The molecule has 5 nitrogen and oxygen atoms in total. The molecule has 2 aliphatic heterocycles. The molecule has 2 amide bonds. The topological polar surface area (TPSA) is 52.7 Å². The standard InChI is InChI=1S/C15H25N3O2/c1-10(2)17-9-7-12(15(17)20)16-14(19)13-4-3-8-18(13)11-5-6-11/h10-13H,3-9H2,1-2H3,(H,16,19)/t12-,13-/m1/s1. The molecule has 3 rings (SSSR count). The summed E-state index contributed by atoms with van der Waals surface area (Å²) < 4.78 is 0. The van der Waals surface area contributed by atoms with Crippen molar-refractivity contribution >= 4 is 11.8 Å². The van der Waals surface area contributed by atoms with E-state index in [1.165, 1.54) is 12.8 Å². The molecule has 0 spiro atoms. The monoisotopic (exact) mass is 279 g/mol. The average molecular weight is 279 g/mol. The Morgan fingerprint density at radius 3 is 2.55 bits per heavy atom. The number of nitrogens with zero attached hydrogens (tertiary/aromatic N) is 2. The molecule has 0 bridgehead atoms. The van der Waals surface area contributed by atoms with Crippen LogP contribution in [-0.2, 0) is 9.59 Å². The van der Waals surface area contributed by atoms with E-state index in [1.54, 1.807) is 0 Å². The minimum atomic E-state index is -0.299. The molecular formula is C15H25N3O2. The number of amides is 2. The molecule has 5 heteroatoms. The third-order valence-corrected chi connectivity index (χ3v) is 4.79. The van der Waals surface area contributed by atoms with Crippen molar-refractivity contribution < 1.29 is 9.59 Å². The highest BCUT2D eigenvalue weighted by Gasteiger charge is 2.42. The van der Waals surface area contributed by atoms with E-state index in [4.69, 9.17) is 0 Å². The largest absolute Gasteiger partial charge is 0.343 e. The highest BCUT2D eigenvalue weighted by atomic mass is 16.2. The molecule has 3 aliphatic rings. The number of likely N-dealkylation sites (tertiary alicyclic amines) is 2. The zero-order valence-electron chi connectivity index (χ0n) is 12.5. The summed E-state index contributed by atoms with van der Waals surface area (Å²) in [5.74, 6) is 0.155. The summed E-state index contributed by atoms with van der Waals surface area (Å²) in [6.45, 7) is 5.85. The van der Waals surface area contributed by atoms with Crippen LogP contribution < -0.4 is 5.32 Å². The van der Waals surface area contributed by atoms with Crippen molar-refractivity contribution in [3.05, 3.63) is 0 Å². The molecule has 0 radical (unpaired) electrons. The molecule has 1 aliphatic carbocycles. The van der Waals surface area contributed by atoms with E-state index >= 15 is 0 Å². The number of rotatable bonds is 4. The summed E-state index contributed by atoms with van der Waals surface area (Å²) in [6.07, 6.45) is 5.25. The Bertz CT molecular complexity index is 406. The fraction of sp³-hybridized carbons (Fsp3) is 0.867. The molecule has 3 fully saturated rings. The van der Waals surface area contributed by atoms with Crippen molar-refractivity contribution in [3.63, 3.8) is 0 Å². The molecule has 0 aromatic carbocycles. The Balaban J connectivity index is 1.58. The van der Waals surface area contributed by atoms with E-state index in [1.807, 2.05) is 18.7 Å². The maximum atomic E-state index is 12.4. The van der Waals surface area contributed by atoms with Gasteiger partial charge in [-0.05, 0) is 52.5 Å². The quantitative estimate of drug-likeness (QED) is 0.826. The van der Waals surface area contributed by atoms with Crippen LogP contribution in [0, 0.1) is 0 Å². The Morgan fingerprint density at radius 1 is 1.20 bits per heavy atom. The fourth-order valence-electron chi connectivity index (χ4n) is 3.53. The average Bonchev–Trinajstić information content (AvgIpc) is 3.01. The lowest BCUT2D eigenvalue weighted by Gasteiger charge is -2.25. The summed E-state index contributed by atoms with van der Waals surface area (Å²) in [5, 5.41) is 3.00. The van der Waals surface area contributed by atoms with Crippen molar-refractivity contribution in [1.82, 2.24) is 15.1 Å². The summed E-state index contributed by atoms with van der Waals surface area (Å²) >= 11 is 0. The van der Waals surface area contributed by atoms with Gasteiger partial charge < -0.3 is 10.2 Å². The van der Waals surface area contributed by atoms with Crippen LogP contribution in [0.3, 0.4) is 0 Å². The van der Waals surface area contributed by atoms with Gasteiger partial charge in [-0.2, -0.15) is 0 Å². The molecule has 0 aromatic rings. The SMILES string of the molecule is CC(C)N1CC[C@@H](NC(=O)[C@H]2CCCN2C2CC2)C1=O. The van der Waals surface area contributed by atoms with Crippen LogP contribution in [0.5, 0.6) is 0 Å². The summed E-state index contributed by atoms with van der Waals surface area (Å²) in [5.41, 5.74) is 0. The van der Waals surface area contributed by atoms with E-state index in [-0.39, 0.29) is 29.9 Å². The Labute approximate surface area is 120 Å². The number of nitrogens with one attached hydrogen (secondary N) is 1. The first kappa shape index (κ1) is 13.9. The normalized spacial score (nSPS) is 31.4. The number of carbonyl (C=O) groups is 2. The highest BCUT2D eigenvalue weighted by molar-refractivity contribution is 5.91. The first-order valence-corrected chi connectivity index (χ1v) is 7.94. The molecule has 20 heavy (non-hydrogen) atoms. The molecule has 2 saturated heterocycles. The van der Waals surface area contributed by atoms with Crippen molar-refractivity contribution in [2.24, 2.45) is 0 Å². The summed E-state index contributed by atoms with van der Waals surface area (Å²) in [4.78, 5) is 28.9. The van der Waals surface area contributed by atoms with Crippen LogP contribution in [0.25, 0.3) is 0 Å². The van der Waals surface area contributed by atoms with Crippen LogP contribution in [0.15, 0.2) is 0 Å². The van der Waals surface area contributed by atoms with Crippen LogP contribution in [0.2, 0.25) is 0 Å². The molecule has 2 atom stereocenters. The third-order valence-electron chi connectivity index (χ3n) is 4.79. The predicted octanol–water partition coefficient (Wildman–Crippen LogP) is 0.739. The Hall–Kier alpha value is -1.10. The van der Waals surface area contributed by atoms with E-state index in [0.717, 1.165) is 32.4 Å². The van der Waals surface area contributed by atoms with Crippen LogP contribution >= 0.6 is 0 Å². The van der Waals surface area contributed by atoms with Gasteiger partial charge in [0.15, 0.2) is 0 Å². The van der Waals surface area contributed by atoms with Crippen LogP contribution in [0.4, 0.5) is 0 Å². The van der Waals surface area contributed by atoms with Crippen molar-refractivity contribution in [2.45, 2.75) is 70.1 Å². The lowest BCUT2D eigenvalue weighted by atomic mass is 10.1. The van der Waals surface area contributed by atoms with Crippen molar-refractivity contribution in [2.75, 3.05) is 13.1 Å². The first-order valence-electron chi connectivity index (χ1n) is 7.94. The van der Waals surface area contributed by atoms with Gasteiger partial charge in [0, 0.05) is 18.6 Å². The maximum absolute atomic E-state index is 12.4. The Morgan fingerprint density at radius 2 is 1.95 bits per heavy atom. The predicted molar refractivity (Wildman–Crippen MR) is 76.1 cm³/mol. The molecule has 2 heterocycles. The second-order valence-corrected chi connectivity index (χ2v) is 6.60. The lowest BCUT2D eigenvalue weighted by Crippen LogP contribution is -2.50. The fourth-order valence-corrected chi connectivity index (χ4v) is 3.53. The molecule has 1 saturated carbocycles. The molecule has 0 aromatic heterocycles. The van der Waals surface area contributed by atoms with E-state index in [9.17, 15) is 9.59 Å². The van der Waals surface area contributed by atoms with E-state index in [0.29, 0.717) is 6.04 Å². The van der Waals surface area contributed by atoms with E-state index < -0.39 is 0 Å². The maximum Gasteiger partial charge on any atom is 0.245 e. The smallest absolute Gasteiger partial charge is 0.245 e. The zero-order chi connectivity index (χ0) is 14.3. The van der Waals surface area contributed by atoms with Gasteiger partial charge in [0.2, 0.25) is 11.8 Å². The van der Waals surface area contributed by atoms with Gasteiger partial charge in [-0.15, -0.1) is 0 Å². The second kappa shape index (κ2) is 5.35. The number of hydrogen-bond acceptors (Lipinski definition) is 3. The van der Waals surface area contributed by atoms with Gasteiger partial charge >= 0.3 is 0 Å². The number of carbonyl (C=O) groups excluding carboxylic acids is 2. The zero-order valence-corrected chi connectivity index (χ0v) is 12.5. The van der Waals surface area contributed by atoms with E-state index in [2.05, 4.69) is 10.2 Å². The van der Waals surface area contributed by atoms with Crippen molar-refractivity contribution in [3.8, 4) is 0 Å². The van der Waals surface area contributed by atoms with Gasteiger partial charge in [0.25, 0.3) is 0 Å². The molecule has 1 N–H and O–H groups in total. The molecule has 0 unspecified atom stereocenters. The Kier molecular flexibility index (Phi) is 3.71. The molecule has 112 valence electrons. The lowest BCUT2D eigenvalue weighted by molar-refractivity contribution is -0.135. The molecular weight excluding hydrogens is 254 g/mol. The minimum absolute atomic E-state index is 0.00315. The summed E-state index contributed by atoms with van der Waals surface area (Å²) in [7, 11) is 0. The van der Waals surface area contributed by atoms with Crippen LogP contribution in [0.1, 0.15) is 46.0 Å². The first-order chi connectivity index (χ1) is 9.58. The minimum Gasteiger partial charge on any atom is -0.343 e. The van der Waals surface area contributed by atoms with Crippen molar-refractivity contribution in [1.29, 1.82) is 0 Å². The van der Waals surface area contributed by atoms with Crippen LogP contribution in [-0.4, -0.2) is 58.9 Å². The number of hydrogen-bond donors (Lipinski definition) is 1. The van der Waals surface area contributed by atoms with Gasteiger partial charge in [0.05, 0.1) is 6.04 Å². The van der Waals surface area contributed by atoms with Gasteiger partial charge in [-0.25, -0.2) is 0 Å².